The molecule has 0 aliphatic carbocycles. The maximum absolute atomic E-state index is 12.6. The van der Waals surface area contributed by atoms with E-state index in [0.717, 1.165) is 45.7 Å². The standard InChI is InChI=1S/C24H23N3O2S/c1-25-24(28)23-22(18-7-2-3-10-21(18)30-23)20-15-27(12-13-29-20)14-16-6-4-9-19-17(16)8-5-11-26-19/h2-11,20H,12-15H2,1H3,(H,25,28)/t20-/m0/s1. The number of nitrogens with zero attached hydrogens (tertiary/aromatic N) is 2. The maximum atomic E-state index is 12.6. The molecule has 4 aromatic rings. The van der Waals surface area contributed by atoms with Gasteiger partial charge in [0.2, 0.25) is 0 Å². The molecule has 3 heterocycles. The Labute approximate surface area is 179 Å². The summed E-state index contributed by atoms with van der Waals surface area (Å²) in [6.07, 6.45) is 1.70. The number of nitrogens with one attached hydrogen (secondary N) is 1. The first-order valence-corrected chi connectivity index (χ1v) is 11.0. The zero-order valence-electron chi connectivity index (χ0n) is 16.8. The van der Waals surface area contributed by atoms with Crippen LogP contribution in [0.15, 0.2) is 60.8 Å². The minimum absolute atomic E-state index is 0.0490. The Hall–Kier alpha value is -2.80. The highest BCUT2D eigenvalue weighted by molar-refractivity contribution is 7.21. The number of hydrogen-bond acceptors (Lipinski definition) is 5. The molecule has 2 aromatic carbocycles. The van der Waals surface area contributed by atoms with Gasteiger partial charge >= 0.3 is 0 Å². The molecule has 1 saturated heterocycles. The van der Waals surface area contributed by atoms with E-state index >= 15 is 0 Å². The number of rotatable bonds is 4. The molecule has 1 atom stereocenters. The average Bonchev–Trinajstić information content (AvgIpc) is 3.19. The molecular formula is C24H23N3O2S. The largest absolute Gasteiger partial charge is 0.371 e. The van der Waals surface area contributed by atoms with E-state index in [9.17, 15) is 4.79 Å². The molecule has 1 fully saturated rings. The molecular weight excluding hydrogens is 394 g/mol. The number of pyridine rings is 1. The Morgan fingerprint density at radius 1 is 1.17 bits per heavy atom. The third-order valence-corrected chi connectivity index (χ3v) is 6.85. The smallest absolute Gasteiger partial charge is 0.261 e. The minimum Gasteiger partial charge on any atom is -0.371 e. The van der Waals surface area contributed by atoms with E-state index in [1.165, 1.54) is 22.3 Å². The van der Waals surface area contributed by atoms with Gasteiger partial charge in [-0.05, 0) is 29.1 Å². The van der Waals surface area contributed by atoms with Gasteiger partial charge in [0, 0.05) is 48.5 Å². The quantitative estimate of drug-likeness (QED) is 0.535. The van der Waals surface area contributed by atoms with E-state index in [1.807, 2.05) is 30.5 Å². The highest BCUT2D eigenvalue weighted by atomic mass is 32.1. The first kappa shape index (κ1) is 19.2. The number of amides is 1. The number of thiophene rings is 1. The number of benzene rings is 2. The fourth-order valence-corrected chi connectivity index (χ4v) is 5.43. The van der Waals surface area contributed by atoms with E-state index in [-0.39, 0.29) is 12.0 Å². The van der Waals surface area contributed by atoms with Crippen LogP contribution in [0.5, 0.6) is 0 Å². The minimum atomic E-state index is -0.129. The number of morpholine rings is 1. The second-order valence-electron chi connectivity index (χ2n) is 7.50. The third-order valence-electron chi connectivity index (χ3n) is 5.67. The van der Waals surface area contributed by atoms with Gasteiger partial charge in [0.15, 0.2) is 0 Å². The van der Waals surface area contributed by atoms with Gasteiger partial charge in [-0.1, -0.05) is 36.4 Å². The summed E-state index contributed by atoms with van der Waals surface area (Å²) in [7, 11) is 1.68. The van der Waals surface area contributed by atoms with Crippen LogP contribution < -0.4 is 5.32 Å². The van der Waals surface area contributed by atoms with Crippen LogP contribution in [0.4, 0.5) is 0 Å². The van der Waals surface area contributed by atoms with Crippen molar-refractivity contribution in [2.75, 3.05) is 26.7 Å². The van der Waals surface area contributed by atoms with Crippen LogP contribution in [-0.4, -0.2) is 42.5 Å². The molecule has 6 heteroatoms. The van der Waals surface area contributed by atoms with E-state index in [0.29, 0.717) is 6.61 Å². The van der Waals surface area contributed by atoms with Crippen molar-refractivity contribution in [3.63, 3.8) is 0 Å². The average molecular weight is 418 g/mol. The van der Waals surface area contributed by atoms with Gasteiger partial charge in [-0.15, -0.1) is 11.3 Å². The predicted molar refractivity (Wildman–Crippen MR) is 121 cm³/mol. The van der Waals surface area contributed by atoms with Crippen molar-refractivity contribution in [3.05, 3.63) is 76.8 Å². The van der Waals surface area contributed by atoms with Gasteiger partial charge in [-0.2, -0.15) is 0 Å². The summed E-state index contributed by atoms with van der Waals surface area (Å²) in [5.74, 6) is -0.0490. The lowest BCUT2D eigenvalue weighted by atomic mass is 10.0. The molecule has 0 radical (unpaired) electrons. The lowest BCUT2D eigenvalue weighted by Crippen LogP contribution is -2.38. The molecule has 0 spiro atoms. The maximum Gasteiger partial charge on any atom is 0.261 e. The van der Waals surface area contributed by atoms with Gasteiger partial charge in [0.05, 0.1) is 23.1 Å². The molecule has 1 amide bonds. The monoisotopic (exact) mass is 417 g/mol. The van der Waals surface area contributed by atoms with E-state index in [2.05, 4.69) is 45.5 Å². The Bertz CT molecular complexity index is 1210. The van der Waals surface area contributed by atoms with Crippen LogP contribution in [0.25, 0.3) is 21.0 Å². The zero-order chi connectivity index (χ0) is 20.5. The summed E-state index contributed by atoms with van der Waals surface area (Å²) < 4.78 is 7.31. The molecule has 1 N–H and O–H groups in total. The molecule has 0 unspecified atom stereocenters. The van der Waals surface area contributed by atoms with E-state index < -0.39 is 0 Å². The summed E-state index contributed by atoms with van der Waals surface area (Å²) in [6, 6.07) is 18.6. The van der Waals surface area contributed by atoms with Crippen molar-refractivity contribution in [2.45, 2.75) is 12.6 Å². The van der Waals surface area contributed by atoms with Crippen molar-refractivity contribution in [1.82, 2.24) is 15.2 Å². The van der Waals surface area contributed by atoms with Crippen molar-refractivity contribution in [3.8, 4) is 0 Å². The fraction of sp³-hybridized carbons (Fsp3) is 0.250. The lowest BCUT2D eigenvalue weighted by Gasteiger charge is -2.33. The predicted octanol–water partition coefficient (Wildman–Crippen LogP) is 4.38. The Balaban J connectivity index is 1.47. The summed E-state index contributed by atoms with van der Waals surface area (Å²) in [5, 5.41) is 5.09. The Morgan fingerprint density at radius 3 is 2.93 bits per heavy atom. The number of fused-ring (bicyclic) bond motifs is 2. The van der Waals surface area contributed by atoms with Gasteiger partial charge in [0.25, 0.3) is 5.91 Å². The first-order valence-electron chi connectivity index (χ1n) is 10.1. The van der Waals surface area contributed by atoms with Crippen LogP contribution in [0.2, 0.25) is 0 Å². The van der Waals surface area contributed by atoms with Crippen LogP contribution in [0.3, 0.4) is 0 Å². The lowest BCUT2D eigenvalue weighted by molar-refractivity contribution is -0.0321. The first-order chi connectivity index (χ1) is 14.7. The van der Waals surface area contributed by atoms with Crippen molar-refractivity contribution in [2.24, 2.45) is 0 Å². The highest BCUT2D eigenvalue weighted by Gasteiger charge is 2.29. The third kappa shape index (κ3) is 3.47. The molecule has 0 saturated carbocycles. The molecule has 2 aromatic heterocycles. The summed E-state index contributed by atoms with van der Waals surface area (Å²) >= 11 is 1.54. The molecule has 30 heavy (non-hydrogen) atoms. The zero-order valence-corrected chi connectivity index (χ0v) is 17.6. The van der Waals surface area contributed by atoms with Crippen LogP contribution >= 0.6 is 11.3 Å². The van der Waals surface area contributed by atoms with Gasteiger partial charge in [0.1, 0.15) is 0 Å². The highest BCUT2D eigenvalue weighted by Crippen LogP contribution is 2.38. The second kappa shape index (κ2) is 8.14. The summed E-state index contributed by atoms with van der Waals surface area (Å²) in [5.41, 5.74) is 3.30. The number of carbonyl (C=O) groups is 1. The topological polar surface area (TPSA) is 54.5 Å². The number of aromatic nitrogens is 1. The van der Waals surface area contributed by atoms with E-state index in [4.69, 9.17) is 4.74 Å². The Morgan fingerprint density at radius 2 is 2.03 bits per heavy atom. The van der Waals surface area contributed by atoms with Gasteiger partial charge in [-0.3, -0.25) is 14.7 Å². The molecule has 1 aliphatic heterocycles. The molecule has 1 aliphatic rings. The van der Waals surface area contributed by atoms with Crippen LogP contribution in [-0.2, 0) is 11.3 Å². The SMILES string of the molecule is CNC(=O)c1sc2ccccc2c1[C@@H]1CN(Cc2cccc3ncccc23)CCO1. The number of hydrogen-bond donors (Lipinski definition) is 1. The summed E-state index contributed by atoms with van der Waals surface area (Å²) in [6.45, 7) is 3.09. The molecule has 5 nitrogen and oxygen atoms in total. The van der Waals surface area contributed by atoms with Crippen LogP contribution in [0, 0.1) is 0 Å². The normalized spacial score (nSPS) is 17.4. The van der Waals surface area contributed by atoms with Crippen LogP contribution in [0.1, 0.15) is 26.9 Å². The van der Waals surface area contributed by atoms with Crippen molar-refractivity contribution in [1.29, 1.82) is 0 Å². The molecule has 5 rings (SSSR count). The summed E-state index contributed by atoms with van der Waals surface area (Å²) in [4.78, 5) is 20.2. The van der Waals surface area contributed by atoms with Gasteiger partial charge in [-0.25, -0.2) is 0 Å². The number of ether oxygens (including phenoxy) is 1. The Kier molecular flexibility index (Phi) is 5.21. The van der Waals surface area contributed by atoms with Crippen molar-refractivity contribution >= 4 is 38.2 Å². The molecule has 0 bridgehead atoms. The van der Waals surface area contributed by atoms with Crippen molar-refractivity contribution < 1.29 is 9.53 Å². The van der Waals surface area contributed by atoms with Gasteiger partial charge < -0.3 is 10.1 Å². The van der Waals surface area contributed by atoms with E-state index in [1.54, 1.807) is 7.05 Å². The fourth-order valence-electron chi connectivity index (χ4n) is 4.23. The second-order valence-corrected chi connectivity index (χ2v) is 8.55. The number of carbonyl (C=O) groups excluding carboxylic acids is 1. The molecule has 152 valence electrons.